The van der Waals surface area contributed by atoms with Crippen molar-refractivity contribution in [3.8, 4) is 17.2 Å². The molecule has 222 valence electrons. The second-order valence-electron chi connectivity index (χ2n) is 8.84. The molecule has 1 amide bonds. The maximum Gasteiger partial charge on any atom is 0.371 e. The first-order valence-corrected chi connectivity index (χ1v) is 13.2. The van der Waals surface area contributed by atoms with Crippen molar-refractivity contribution in [3.63, 3.8) is 0 Å². The monoisotopic (exact) mass is 616 g/mol. The van der Waals surface area contributed by atoms with Gasteiger partial charge < -0.3 is 23.7 Å². The van der Waals surface area contributed by atoms with E-state index in [4.69, 9.17) is 19.0 Å². The molecule has 1 N–H and O–H groups in total. The zero-order valence-electron chi connectivity index (χ0n) is 22.3. The van der Waals surface area contributed by atoms with Crippen molar-refractivity contribution < 1.29 is 50.9 Å². The van der Waals surface area contributed by atoms with E-state index in [0.29, 0.717) is 17.2 Å². The Morgan fingerprint density at radius 1 is 0.977 bits per heavy atom. The van der Waals surface area contributed by atoms with Crippen LogP contribution in [0.1, 0.15) is 43.2 Å². The van der Waals surface area contributed by atoms with E-state index < -0.39 is 51.8 Å². The molecule has 0 fully saturated rings. The van der Waals surface area contributed by atoms with Gasteiger partial charge in [-0.3, -0.25) is 4.79 Å². The van der Waals surface area contributed by atoms with Gasteiger partial charge in [-0.05, 0) is 48.5 Å². The van der Waals surface area contributed by atoms with Crippen LogP contribution in [0.4, 0.5) is 17.6 Å². The summed E-state index contributed by atoms with van der Waals surface area (Å²) in [5, 5.41) is 13.5. The largest absolute Gasteiger partial charge is 0.492 e. The summed E-state index contributed by atoms with van der Waals surface area (Å²) in [5.74, 6) is -8.25. The molecule has 5 rings (SSSR count). The number of nitrogens with zero attached hydrogens (tertiary/aromatic N) is 2. The minimum atomic E-state index is -1.60. The third kappa shape index (κ3) is 5.73. The summed E-state index contributed by atoms with van der Waals surface area (Å²) < 4.78 is 78.5. The number of halogens is 4. The number of carboxylic acid groups (broad SMARTS) is 1. The second-order valence-corrected chi connectivity index (χ2v) is 9.91. The number of aromatic carboxylic acids is 1. The van der Waals surface area contributed by atoms with E-state index in [0.717, 1.165) is 23.9 Å². The molecule has 14 heteroatoms. The lowest BCUT2D eigenvalue weighted by molar-refractivity contribution is 0.0657. The van der Waals surface area contributed by atoms with Gasteiger partial charge in [0.1, 0.15) is 28.6 Å². The molecule has 0 saturated carbocycles. The number of para-hydroxylation sites is 1. The summed E-state index contributed by atoms with van der Waals surface area (Å²) in [7, 11) is 2.27. The number of carbonyl (C=O) groups is 2. The lowest BCUT2D eigenvalue weighted by atomic mass is 10.1. The Kier molecular flexibility index (Phi) is 8.30. The molecule has 1 atom stereocenters. The number of furan rings is 1. The van der Waals surface area contributed by atoms with Crippen molar-refractivity contribution in [2.45, 2.75) is 12.0 Å². The highest BCUT2D eigenvalue weighted by atomic mass is 32.2. The van der Waals surface area contributed by atoms with Crippen LogP contribution in [0.25, 0.3) is 0 Å². The molecule has 0 aliphatic carbocycles. The molecular formula is C29H20F4N2O7S. The topological polar surface area (TPSA) is 111 Å². The van der Waals surface area contributed by atoms with Crippen LogP contribution in [0.15, 0.2) is 70.2 Å². The van der Waals surface area contributed by atoms with E-state index in [9.17, 15) is 22.8 Å². The summed E-state index contributed by atoms with van der Waals surface area (Å²) in [6.45, 7) is -0.176. The van der Waals surface area contributed by atoms with E-state index in [2.05, 4.69) is 9.84 Å². The van der Waals surface area contributed by atoms with Crippen molar-refractivity contribution in [2.75, 3.05) is 14.2 Å². The minimum absolute atomic E-state index is 0.140. The first-order valence-electron chi connectivity index (χ1n) is 12.3. The smallest absolute Gasteiger partial charge is 0.371 e. The number of thioether (sulfide) groups is 1. The van der Waals surface area contributed by atoms with Crippen LogP contribution in [0.2, 0.25) is 0 Å². The van der Waals surface area contributed by atoms with Crippen LogP contribution < -0.4 is 14.2 Å². The molecule has 1 unspecified atom stereocenters. The highest BCUT2D eigenvalue weighted by Gasteiger charge is 2.39. The third-order valence-corrected chi connectivity index (χ3v) is 7.43. The fraction of sp³-hybridized carbons (Fsp3) is 0.138. The Hall–Kier alpha value is -4.98. The fourth-order valence-electron chi connectivity index (χ4n) is 4.21. The molecule has 2 heterocycles. The Balaban J connectivity index is 1.55. The predicted octanol–water partition coefficient (Wildman–Crippen LogP) is 6.38. The number of ether oxygens (including phenoxy) is 3. The summed E-state index contributed by atoms with van der Waals surface area (Å²) in [5.41, 5.74) is -0.0998. The highest BCUT2D eigenvalue weighted by Crippen LogP contribution is 2.48. The molecular weight excluding hydrogens is 596 g/mol. The molecule has 3 aromatic carbocycles. The molecule has 43 heavy (non-hydrogen) atoms. The van der Waals surface area contributed by atoms with Gasteiger partial charge in [-0.1, -0.05) is 23.9 Å². The lowest BCUT2D eigenvalue weighted by Crippen LogP contribution is -2.27. The number of amides is 1. The van der Waals surface area contributed by atoms with Crippen LogP contribution in [-0.2, 0) is 6.61 Å². The fourth-order valence-corrected chi connectivity index (χ4v) is 5.39. The van der Waals surface area contributed by atoms with Gasteiger partial charge in [0.15, 0.2) is 28.9 Å². The summed E-state index contributed by atoms with van der Waals surface area (Å²) >= 11 is 1.03. The van der Waals surface area contributed by atoms with Gasteiger partial charge in [-0.25, -0.2) is 23.0 Å². The summed E-state index contributed by atoms with van der Waals surface area (Å²) in [6, 6.07) is 13.1. The minimum Gasteiger partial charge on any atom is -0.492 e. The number of hydrogen-bond donors (Lipinski definition) is 1. The number of carboxylic acids is 1. The van der Waals surface area contributed by atoms with Crippen LogP contribution in [0, 0.1) is 23.3 Å². The molecule has 1 aromatic heterocycles. The zero-order valence-corrected chi connectivity index (χ0v) is 23.1. The van der Waals surface area contributed by atoms with E-state index in [1.807, 2.05) is 0 Å². The Bertz CT molecular complexity index is 1740. The van der Waals surface area contributed by atoms with Crippen LogP contribution in [0.5, 0.6) is 17.2 Å². The summed E-state index contributed by atoms with van der Waals surface area (Å²) in [4.78, 5) is 24.8. The van der Waals surface area contributed by atoms with Crippen molar-refractivity contribution in [3.05, 3.63) is 112 Å². The standard InChI is InChI=1S/C29H20F4N2O7S/c1-39-24-17(4-3-5-20(24)41-13-16-10-11-21(42-16)29(37)38)28-35(34-26(43-28)14-6-8-15(30)9-7-14)27(36)18-12-19(31)23(33)25(40-2)22(18)32/h3-12,28H,13H2,1-2H3,(H,37,38). The Morgan fingerprint density at radius 3 is 2.35 bits per heavy atom. The van der Waals surface area contributed by atoms with E-state index in [1.165, 1.54) is 43.5 Å². The van der Waals surface area contributed by atoms with E-state index >= 15 is 4.39 Å². The Labute approximate surface area is 245 Å². The first-order chi connectivity index (χ1) is 20.6. The molecule has 9 nitrogen and oxygen atoms in total. The number of benzene rings is 3. The zero-order chi connectivity index (χ0) is 30.8. The number of hydrogen-bond acceptors (Lipinski definition) is 8. The van der Waals surface area contributed by atoms with Gasteiger partial charge in [-0.2, -0.15) is 9.49 Å². The molecule has 1 aliphatic rings. The molecule has 4 aromatic rings. The molecule has 1 aliphatic heterocycles. The normalized spacial score (nSPS) is 14.4. The second kappa shape index (κ2) is 12.1. The van der Waals surface area contributed by atoms with Crippen LogP contribution >= 0.6 is 11.8 Å². The number of hydrazone groups is 1. The number of rotatable bonds is 9. The SMILES string of the molecule is COc1c(OCc2ccc(C(=O)O)o2)cccc1C1SC(c2ccc(F)cc2)=NN1C(=O)c1cc(F)c(F)c(OC)c1F. The first kappa shape index (κ1) is 29.5. The third-order valence-electron chi connectivity index (χ3n) is 6.22. The van der Waals surface area contributed by atoms with E-state index in [-0.39, 0.29) is 34.7 Å². The van der Waals surface area contributed by atoms with Gasteiger partial charge in [0.2, 0.25) is 11.6 Å². The van der Waals surface area contributed by atoms with Gasteiger partial charge in [0.05, 0.1) is 19.8 Å². The molecule has 0 saturated heterocycles. The summed E-state index contributed by atoms with van der Waals surface area (Å²) in [6.07, 6.45) is 0. The van der Waals surface area contributed by atoms with Gasteiger partial charge in [0, 0.05) is 11.1 Å². The average Bonchev–Trinajstić information content (AvgIpc) is 3.66. The lowest BCUT2D eigenvalue weighted by Gasteiger charge is -2.24. The van der Waals surface area contributed by atoms with Gasteiger partial charge in [-0.15, -0.1) is 0 Å². The predicted molar refractivity (Wildman–Crippen MR) is 145 cm³/mol. The molecule has 0 radical (unpaired) electrons. The quantitative estimate of drug-likeness (QED) is 0.170. The number of carbonyl (C=O) groups excluding carboxylic acids is 1. The molecule has 0 bridgehead atoms. The van der Waals surface area contributed by atoms with Crippen molar-refractivity contribution >= 4 is 28.7 Å². The van der Waals surface area contributed by atoms with Crippen LogP contribution in [0.3, 0.4) is 0 Å². The maximum atomic E-state index is 15.2. The van der Waals surface area contributed by atoms with Crippen molar-refractivity contribution in [1.82, 2.24) is 5.01 Å². The Morgan fingerprint density at radius 2 is 1.70 bits per heavy atom. The van der Waals surface area contributed by atoms with Gasteiger partial charge >= 0.3 is 5.97 Å². The van der Waals surface area contributed by atoms with Crippen molar-refractivity contribution in [2.24, 2.45) is 5.10 Å². The van der Waals surface area contributed by atoms with Crippen molar-refractivity contribution in [1.29, 1.82) is 0 Å². The van der Waals surface area contributed by atoms with Crippen LogP contribution in [-0.4, -0.2) is 41.3 Å². The number of methoxy groups -OCH3 is 2. The average molecular weight is 617 g/mol. The molecule has 0 spiro atoms. The van der Waals surface area contributed by atoms with E-state index in [1.54, 1.807) is 18.2 Å². The van der Waals surface area contributed by atoms with Gasteiger partial charge in [0.25, 0.3) is 5.91 Å². The highest BCUT2D eigenvalue weighted by molar-refractivity contribution is 8.14. The maximum absolute atomic E-state index is 15.2.